The van der Waals surface area contributed by atoms with Gasteiger partial charge in [0.25, 0.3) is 0 Å². The molecule has 35 heavy (non-hydrogen) atoms. The van der Waals surface area contributed by atoms with Crippen LogP contribution in [-0.2, 0) is 13.0 Å². The Kier molecular flexibility index (Phi) is 8.71. The smallest absolute Gasteiger partial charge is 0.126 e. The largest absolute Gasteiger partial charge is 0.497 e. The zero-order valence-corrected chi connectivity index (χ0v) is 20.6. The normalized spacial score (nSPS) is 16.9. The molecule has 2 heterocycles. The highest BCUT2D eigenvalue weighted by Crippen LogP contribution is 2.41. The Bertz CT molecular complexity index is 1080. The fourth-order valence-corrected chi connectivity index (χ4v) is 5.32. The second-order valence-corrected chi connectivity index (χ2v) is 9.83. The van der Waals surface area contributed by atoms with E-state index in [0.29, 0.717) is 40.6 Å². The number of piperidine rings is 1. The third-order valence-electron chi connectivity index (χ3n) is 7.65. The van der Waals surface area contributed by atoms with Crippen LogP contribution in [0, 0.1) is 5.41 Å². The highest BCUT2D eigenvalue weighted by atomic mass is 19.1. The van der Waals surface area contributed by atoms with E-state index in [9.17, 15) is 10.2 Å². The highest BCUT2D eigenvalue weighted by molar-refractivity contribution is 5.85. The number of pyridine rings is 1. The molecule has 1 fully saturated rings. The van der Waals surface area contributed by atoms with E-state index < -0.39 is 6.17 Å². The maximum atomic E-state index is 15.7. The van der Waals surface area contributed by atoms with Crippen molar-refractivity contribution in [1.82, 2.24) is 9.88 Å². The number of aliphatic hydroxyl groups excluding tert-OH is 2. The Morgan fingerprint density at radius 1 is 1.11 bits per heavy atom. The lowest BCUT2D eigenvalue weighted by Gasteiger charge is -2.41. The van der Waals surface area contributed by atoms with E-state index in [1.54, 1.807) is 25.4 Å². The van der Waals surface area contributed by atoms with Gasteiger partial charge in [-0.2, -0.15) is 0 Å². The summed E-state index contributed by atoms with van der Waals surface area (Å²) in [7, 11) is 1.58. The number of benzene rings is 2. The molecule has 0 radical (unpaired) electrons. The number of aromatic nitrogens is 1. The third-order valence-corrected chi connectivity index (χ3v) is 7.65. The van der Waals surface area contributed by atoms with Crippen LogP contribution in [0.4, 0.5) is 4.39 Å². The van der Waals surface area contributed by atoms with Crippen LogP contribution in [0.1, 0.15) is 55.0 Å². The van der Waals surface area contributed by atoms with Gasteiger partial charge in [0, 0.05) is 29.3 Å². The van der Waals surface area contributed by atoms with Crippen molar-refractivity contribution in [3.05, 3.63) is 71.4 Å². The Morgan fingerprint density at radius 2 is 1.89 bits per heavy atom. The number of ether oxygens (including phenoxy) is 1. The number of alkyl halides is 1. The predicted molar refractivity (Wildman–Crippen MR) is 137 cm³/mol. The number of aliphatic hydroxyl groups is 2. The molecule has 1 aromatic heterocycles. The molecule has 3 aromatic rings. The summed E-state index contributed by atoms with van der Waals surface area (Å²) in [6.45, 7) is 2.73. The van der Waals surface area contributed by atoms with Crippen molar-refractivity contribution in [2.24, 2.45) is 5.41 Å². The summed E-state index contributed by atoms with van der Waals surface area (Å²) in [5, 5.41) is 20.8. The van der Waals surface area contributed by atoms with Crippen LogP contribution in [0.25, 0.3) is 10.9 Å². The summed E-state index contributed by atoms with van der Waals surface area (Å²) in [6, 6.07) is 16.0. The molecule has 0 spiro atoms. The number of aryl methyl sites for hydroxylation is 1. The first-order valence-electron chi connectivity index (χ1n) is 12.6. The summed E-state index contributed by atoms with van der Waals surface area (Å²) in [4.78, 5) is 6.84. The van der Waals surface area contributed by atoms with Crippen LogP contribution in [0.2, 0.25) is 0 Å². The molecular weight excluding hydrogens is 443 g/mol. The average molecular weight is 481 g/mol. The lowest BCUT2D eigenvalue weighted by molar-refractivity contribution is 0.0299. The Hall–Kier alpha value is -2.54. The van der Waals surface area contributed by atoms with Crippen molar-refractivity contribution in [3.8, 4) is 5.75 Å². The second-order valence-electron chi connectivity index (χ2n) is 9.83. The van der Waals surface area contributed by atoms with Gasteiger partial charge >= 0.3 is 0 Å². The minimum atomic E-state index is -1.25. The van der Waals surface area contributed by atoms with Gasteiger partial charge in [0.15, 0.2) is 0 Å². The van der Waals surface area contributed by atoms with Crippen molar-refractivity contribution in [2.45, 2.75) is 51.3 Å². The van der Waals surface area contributed by atoms with Crippen LogP contribution in [0.15, 0.2) is 54.7 Å². The van der Waals surface area contributed by atoms with Crippen LogP contribution in [-0.4, -0.2) is 53.4 Å². The second kappa shape index (κ2) is 11.9. The molecule has 1 saturated heterocycles. The molecule has 1 aliphatic heterocycles. The zero-order chi connectivity index (χ0) is 24.7. The number of hydrogen-bond acceptors (Lipinski definition) is 5. The maximum absolute atomic E-state index is 15.7. The molecular formula is C29H37FN2O3. The van der Waals surface area contributed by atoms with E-state index in [1.165, 1.54) is 5.56 Å². The monoisotopic (exact) mass is 480 g/mol. The van der Waals surface area contributed by atoms with Crippen LogP contribution >= 0.6 is 0 Å². The molecule has 1 aliphatic rings. The van der Waals surface area contributed by atoms with E-state index >= 15 is 4.39 Å². The van der Waals surface area contributed by atoms with Crippen LogP contribution in [0.5, 0.6) is 5.75 Å². The van der Waals surface area contributed by atoms with Crippen molar-refractivity contribution in [1.29, 1.82) is 0 Å². The van der Waals surface area contributed by atoms with Gasteiger partial charge < -0.3 is 19.8 Å². The zero-order valence-electron chi connectivity index (χ0n) is 20.6. The summed E-state index contributed by atoms with van der Waals surface area (Å²) in [5.74, 6) is 0.634. The van der Waals surface area contributed by atoms with E-state index in [4.69, 9.17) is 4.74 Å². The summed E-state index contributed by atoms with van der Waals surface area (Å²) in [5.41, 5.74) is 2.79. The average Bonchev–Trinajstić information content (AvgIpc) is 2.92. The predicted octanol–water partition coefficient (Wildman–Crippen LogP) is 5.23. The number of halogens is 1. The molecule has 0 aliphatic carbocycles. The van der Waals surface area contributed by atoms with Crippen molar-refractivity contribution >= 4 is 10.9 Å². The fraction of sp³-hybridized carbons (Fsp3) is 0.483. The van der Waals surface area contributed by atoms with Crippen LogP contribution in [0.3, 0.4) is 0 Å². The molecule has 0 saturated carbocycles. The Labute approximate surface area is 207 Å². The van der Waals surface area contributed by atoms with Gasteiger partial charge in [0.1, 0.15) is 11.9 Å². The van der Waals surface area contributed by atoms with Gasteiger partial charge in [-0.05, 0) is 87.3 Å². The molecule has 0 bridgehead atoms. The fourth-order valence-electron chi connectivity index (χ4n) is 5.32. The quantitative estimate of drug-likeness (QED) is 0.393. The Balaban J connectivity index is 1.36. The Morgan fingerprint density at radius 3 is 2.57 bits per heavy atom. The van der Waals surface area contributed by atoms with E-state index in [1.807, 2.05) is 12.1 Å². The maximum Gasteiger partial charge on any atom is 0.126 e. The lowest BCUT2D eigenvalue weighted by atomic mass is 9.74. The molecule has 6 heteroatoms. The number of hydrogen-bond donors (Lipinski definition) is 2. The molecule has 2 N–H and O–H groups in total. The van der Waals surface area contributed by atoms with Gasteiger partial charge in [-0.15, -0.1) is 0 Å². The SMILES string of the molecule is COc1ccc2ncc(CO)c(C(F)CCC3(CO)CCN(CCCc4ccccc4)CC3)c2c1. The standard InChI is InChI=1S/C29H37FN2O3/c1-35-24-9-10-27-25(18-24)28(23(20-33)19-31-27)26(30)11-12-29(21-34)13-16-32(17-14-29)15-5-8-22-6-3-2-4-7-22/h2-4,6-7,9-10,18-19,26,33-34H,5,8,11-17,20-21H2,1H3. The number of nitrogens with zero attached hydrogens (tertiary/aromatic N) is 2. The van der Waals surface area contributed by atoms with Gasteiger partial charge in [-0.3, -0.25) is 4.98 Å². The van der Waals surface area contributed by atoms with Gasteiger partial charge in [0.2, 0.25) is 0 Å². The van der Waals surface area contributed by atoms with E-state index in [0.717, 1.165) is 45.3 Å². The minimum absolute atomic E-state index is 0.0787. The van der Waals surface area contributed by atoms with Crippen LogP contribution < -0.4 is 4.74 Å². The number of rotatable bonds is 11. The topological polar surface area (TPSA) is 65.8 Å². The number of likely N-dealkylation sites (tertiary alicyclic amines) is 1. The molecule has 5 nitrogen and oxygen atoms in total. The molecule has 188 valence electrons. The summed E-state index contributed by atoms with van der Waals surface area (Å²) >= 11 is 0. The van der Waals surface area contributed by atoms with Crippen molar-refractivity contribution in [3.63, 3.8) is 0 Å². The third kappa shape index (κ3) is 6.18. The lowest BCUT2D eigenvalue weighted by Crippen LogP contribution is -2.42. The molecule has 1 unspecified atom stereocenters. The molecule has 2 aromatic carbocycles. The summed E-state index contributed by atoms with van der Waals surface area (Å²) in [6.07, 6.45) is 5.17. The molecule has 0 amide bonds. The van der Waals surface area contributed by atoms with Gasteiger partial charge in [-0.1, -0.05) is 30.3 Å². The van der Waals surface area contributed by atoms with Crippen molar-refractivity contribution in [2.75, 3.05) is 33.4 Å². The number of methoxy groups -OCH3 is 1. The molecule has 4 rings (SSSR count). The first-order valence-corrected chi connectivity index (χ1v) is 12.6. The van der Waals surface area contributed by atoms with Gasteiger partial charge in [-0.25, -0.2) is 4.39 Å². The molecule has 1 atom stereocenters. The van der Waals surface area contributed by atoms with Crippen molar-refractivity contribution < 1.29 is 19.3 Å². The summed E-state index contributed by atoms with van der Waals surface area (Å²) < 4.78 is 21.1. The minimum Gasteiger partial charge on any atom is -0.497 e. The highest BCUT2D eigenvalue weighted by Gasteiger charge is 2.35. The first kappa shape index (κ1) is 25.5. The van der Waals surface area contributed by atoms with E-state index in [2.05, 4.69) is 34.1 Å². The first-order chi connectivity index (χ1) is 17.1. The van der Waals surface area contributed by atoms with E-state index in [-0.39, 0.29) is 18.6 Å². The number of fused-ring (bicyclic) bond motifs is 1. The van der Waals surface area contributed by atoms with Gasteiger partial charge in [0.05, 0.1) is 19.2 Å².